The summed E-state index contributed by atoms with van der Waals surface area (Å²) < 4.78 is 0. The van der Waals surface area contributed by atoms with Crippen molar-refractivity contribution in [3.05, 3.63) is 71.8 Å². The lowest BCUT2D eigenvalue weighted by Crippen LogP contribution is -2.47. The van der Waals surface area contributed by atoms with Crippen LogP contribution in [-0.4, -0.2) is 35.9 Å². The van der Waals surface area contributed by atoms with Crippen molar-refractivity contribution in [2.75, 3.05) is 13.7 Å². The van der Waals surface area contributed by atoms with Crippen LogP contribution >= 0.6 is 0 Å². The summed E-state index contributed by atoms with van der Waals surface area (Å²) >= 11 is 0. The van der Waals surface area contributed by atoms with Crippen LogP contribution in [0.3, 0.4) is 0 Å². The second-order valence-electron chi connectivity index (χ2n) is 5.14. The highest BCUT2D eigenvalue weighted by atomic mass is 17.0. The fraction of sp³-hybridized carbons (Fsp3) is 0.278. The van der Waals surface area contributed by atoms with Gasteiger partial charge in [-0.05, 0) is 18.2 Å². The van der Waals surface area contributed by atoms with Crippen LogP contribution in [0, 0.1) is 0 Å². The highest BCUT2D eigenvalue weighted by Crippen LogP contribution is 2.09. The third kappa shape index (κ3) is 5.43. The standard InChI is InChI=1S/C18H22N2O4/c1-19-17(12-21)18(22)20(23-13-15-8-4-2-5-9-15)24-14-16-10-6-3-7-11-16/h2-11,17,19,21H,12-14H2,1H3/t17-/m1/s1. The van der Waals surface area contributed by atoms with Crippen LogP contribution in [0.1, 0.15) is 11.1 Å². The lowest BCUT2D eigenvalue weighted by Gasteiger charge is -2.24. The number of hydrogen-bond acceptors (Lipinski definition) is 5. The molecule has 0 heterocycles. The predicted molar refractivity (Wildman–Crippen MR) is 89.2 cm³/mol. The minimum absolute atomic E-state index is 0.184. The zero-order valence-corrected chi connectivity index (χ0v) is 13.6. The van der Waals surface area contributed by atoms with Crippen molar-refractivity contribution < 1.29 is 19.6 Å². The summed E-state index contributed by atoms with van der Waals surface area (Å²) in [6.07, 6.45) is 0. The largest absolute Gasteiger partial charge is 0.394 e. The number of nitrogens with one attached hydrogen (secondary N) is 1. The van der Waals surface area contributed by atoms with Crippen molar-refractivity contribution in [1.29, 1.82) is 0 Å². The molecule has 2 rings (SSSR count). The first kappa shape index (κ1) is 18.1. The van der Waals surface area contributed by atoms with Gasteiger partial charge in [0.1, 0.15) is 19.3 Å². The Morgan fingerprint density at radius 2 is 1.46 bits per heavy atom. The molecule has 2 N–H and O–H groups in total. The third-order valence-electron chi connectivity index (χ3n) is 3.39. The lowest BCUT2D eigenvalue weighted by molar-refractivity contribution is -0.354. The molecule has 0 saturated carbocycles. The fourth-order valence-electron chi connectivity index (χ4n) is 2.00. The molecule has 0 aromatic heterocycles. The number of hydrogen-bond donors (Lipinski definition) is 2. The van der Waals surface area contributed by atoms with E-state index in [9.17, 15) is 9.90 Å². The zero-order valence-electron chi connectivity index (χ0n) is 13.6. The van der Waals surface area contributed by atoms with E-state index in [-0.39, 0.29) is 19.8 Å². The van der Waals surface area contributed by atoms with Crippen molar-refractivity contribution in [3.63, 3.8) is 0 Å². The van der Waals surface area contributed by atoms with E-state index >= 15 is 0 Å². The Morgan fingerprint density at radius 3 is 1.83 bits per heavy atom. The molecule has 2 aromatic rings. The molecule has 0 aliphatic heterocycles. The minimum Gasteiger partial charge on any atom is -0.394 e. The molecule has 0 aliphatic rings. The van der Waals surface area contributed by atoms with E-state index in [0.717, 1.165) is 16.4 Å². The third-order valence-corrected chi connectivity index (χ3v) is 3.39. The molecule has 0 bridgehead atoms. The highest BCUT2D eigenvalue weighted by molar-refractivity contribution is 5.80. The molecule has 0 spiro atoms. The van der Waals surface area contributed by atoms with Gasteiger partial charge in [0.25, 0.3) is 5.91 Å². The van der Waals surface area contributed by atoms with Gasteiger partial charge in [-0.1, -0.05) is 65.9 Å². The number of amides is 1. The Bertz CT molecular complexity index is 559. The number of carbonyl (C=O) groups excluding carboxylic acids is 1. The molecule has 0 saturated heterocycles. The maximum Gasteiger partial charge on any atom is 0.292 e. The monoisotopic (exact) mass is 330 g/mol. The SMILES string of the molecule is CN[C@H](CO)C(=O)N(OCc1ccccc1)OCc1ccccc1. The smallest absolute Gasteiger partial charge is 0.292 e. The molecule has 1 amide bonds. The van der Waals surface area contributed by atoms with Crippen molar-refractivity contribution in [2.24, 2.45) is 0 Å². The molecule has 128 valence electrons. The highest BCUT2D eigenvalue weighted by Gasteiger charge is 2.25. The molecular formula is C18H22N2O4. The topological polar surface area (TPSA) is 71.0 Å². The Kier molecular flexibility index (Phi) is 7.38. The molecule has 6 nitrogen and oxygen atoms in total. The molecule has 24 heavy (non-hydrogen) atoms. The summed E-state index contributed by atoms with van der Waals surface area (Å²) in [5, 5.41) is 12.9. The van der Waals surface area contributed by atoms with Crippen molar-refractivity contribution in [3.8, 4) is 0 Å². The number of hydroxylamine groups is 2. The van der Waals surface area contributed by atoms with Crippen LogP contribution in [0.25, 0.3) is 0 Å². The van der Waals surface area contributed by atoms with Crippen LogP contribution in [0.15, 0.2) is 60.7 Å². The Morgan fingerprint density at radius 1 is 1.00 bits per heavy atom. The van der Waals surface area contributed by atoms with E-state index in [4.69, 9.17) is 9.68 Å². The van der Waals surface area contributed by atoms with Crippen molar-refractivity contribution in [1.82, 2.24) is 10.5 Å². The molecule has 2 aromatic carbocycles. The van der Waals surface area contributed by atoms with Gasteiger partial charge >= 0.3 is 0 Å². The molecule has 6 heteroatoms. The average molecular weight is 330 g/mol. The van der Waals surface area contributed by atoms with Gasteiger partial charge in [-0.3, -0.25) is 4.79 Å². The number of rotatable bonds is 9. The zero-order chi connectivity index (χ0) is 17.2. The summed E-state index contributed by atoms with van der Waals surface area (Å²) in [5.41, 5.74) is 1.81. The van der Waals surface area contributed by atoms with E-state index in [1.54, 1.807) is 7.05 Å². The number of aliphatic hydroxyl groups excluding tert-OH is 1. The maximum atomic E-state index is 12.4. The number of likely N-dealkylation sites (N-methyl/N-ethyl adjacent to an activating group) is 1. The fourth-order valence-corrected chi connectivity index (χ4v) is 2.00. The number of aliphatic hydroxyl groups is 1. The molecule has 1 atom stereocenters. The number of benzene rings is 2. The summed E-state index contributed by atoms with van der Waals surface area (Å²) in [5.74, 6) is -0.494. The van der Waals surface area contributed by atoms with Gasteiger partial charge in [-0.2, -0.15) is 0 Å². The first-order valence-electron chi connectivity index (χ1n) is 7.70. The summed E-state index contributed by atoms with van der Waals surface area (Å²) in [6, 6.07) is 18.1. The van der Waals surface area contributed by atoms with E-state index in [0.29, 0.717) is 0 Å². The molecule has 0 fully saturated rings. The van der Waals surface area contributed by atoms with Crippen molar-refractivity contribution in [2.45, 2.75) is 19.3 Å². The summed E-state index contributed by atoms with van der Waals surface area (Å²) in [7, 11) is 1.59. The van der Waals surface area contributed by atoms with Crippen molar-refractivity contribution >= 4 is 5.91 Å². The first-order chi connectivity index (χ1) is 11.7. The maximum absolute atomic E-state index is 12.4. The Labute approximate surface area is 141 Å². The van der Waals surface area contributed by atoms with Crippen LogP contribution < -0.4 is 5.32 Å². The normalized spacial score (nSPS) is 11.9. The van der Waals surface area contributed by atoms with Gasteiger partial charge < -0.3 is 10.4 Å². The Hall–Kier alpha value is -2.25. The van der Waals surface area contributed by atoms with Gasteiger partial charge in [-0.25, -0.2) is 9.68 Å². The second-order valence-corrected chi connectivity index (χ2v) is 5.14. The minimum atomic E-state index is -0.795. The van der Waals surface area contributed by atoms with E-state index in [1.165, 1.54) is 0 Å². The quantitative estimate of drug-likeness (QED) is 0.684. The van der Waals surface area contributed by atoms with E-state index in [2.05, 4.69) is 5.32 Å². The lowest BCUT2D eigenvalue weighted by atomic mass is 10.2. The summed E-state index contributed by atoms with van der Waals surface area (Å²) in [4.78, 5) is 23.4. The molecule has 0 radical (unpaired) electrons. The van der Waals surface area contributed by atoms with E-state index < -0.39 is 11.9 Å². The first-order valence-corrected chi connectivity index (χ1v) is 7.70. The van der Waals surface area contributed by atoms with Gasteiger partial charge in [-0.15, -0.1) is 0 Å². The Balaban J connectivity index is 2.01. The van der Waals surface area contributed by atoms with Gasteiger partial charge in [0.05, 0.1) is 6.61 Å². The number of carbonyl (C=O) groups is 1. The van der Waals surface area contributed by atoms with Gasteiger partial charge in [0, 0.05) is 0 Å². The molecular weight excluding hydrogens is 308 g/mol. The van der Waals surface area contributed by atoms with Crippen LogP contribution in [0.4, 0.5) is 0 Å². The summed E-state index contributed by atoms with van der Waals surface area (Å²) in [6.45, 7) is 0.0156. The average Bonchev–Trinajstić information content (AvgIpc) is 2.64. The predicted octanol–water partition coefficient (Wildman–Crippen LogP) is 1.66. The second kappa shape index (κ2) is 9.79. The van der Waals surface area contributed by atoms with Gasteiger partial charge in [0.15, 0.2) is 0 Å². The molecule has 0 unspecified atom stereocenters. The van der Waals surface area contributed by atoms with E-state index in [1.807, 2.05) is 60.7 Å². The van der Waals surface area contributed by atoms with Crippen LogP contribution in [-0.2, 0) is 27.7 Å². The molecule has 0 aliphatic carbocycles. The van der Waals surface area contributed by atoms with Gasteiger partial charge in [0.2, 0.25) is 0 Å². The van der Waals surface area contributed by atoms with Crippen LogP contribution in [0.5, 0.6) is 0 Å². The van der Waals surface area contributed by atoms with Crippen LogP contribution in [0.2, 0.25) is 0 Å². The number of nitrogens with zero attached hydrogens (tertiary/aromatic N) is 1.